The highest BCUT2D eigenvalue weighted by molar-refractivity contribution is 7.99. The van der Waals surface area contributed by atoms with Crippen LogP contribution in [0.5, 0.6) is 0 Å². The Hall–Kier alpha value is -1.94. The molecule has 1 aliphatic heterocycles. The lowest BCUT2D eigenvalue weighted by Crippen LogP contribution is -2.19. The first kappa shape index (κ1) is 14.0. The van der Waals surface area contributed by atoms with Crippen LogP contribution in [0.3, 0.4) is 0 Å². The van der Waals surface area contributed by atoms with Crippen molar-refractivity contribution < 1.29 is 4.79 Å². The first-order valence-electron chi connectivity index (χ1n) is 7.00. The summed E-state index contributed by atoms with van der Waals surface area (Å²) in [5.41, 5.74) is 11.4. The van der Waals surface area contributed by atoms with Crippen molar-refractivity contribution in [3.63, 3.8) is 0 Å². The van der Waals surface area contributed by atoms with Crippen LogP contribution in [0.25, 0.3) is 0 Å². The van der Waals surface area contributed by atoms with Gasteiger partial charge in [-0.1, -0.05) is 17.8 Å². The first-order chi connectivity index (χ1) is 10.0. The number of amides is 1. The Kier molecular flexibility index (Phi) is 3.64. The summed E-state index contributed by atoms with van der Waals surface area (Å²) in [5.74, 6) is 0.0662. The van der Waals surface area contributed by atoms with E-state index in [0.717, 1.165) is 22.6 Å². The van der Waals surface area contributed by atoms with E-state index >= 15 is 0 Å². The number of nitrogen functional groups attached to an aromatic ring is 1. The Balaban J connectivity index is 1.92. The van der Waals surface area contributed by atoms with Crippen molar-refractivity contribution in [1.82, 2.24) is 0 Å². The van der Waals surface area contributed by atoms with Crippen LogP contribution in [0.4, 0.5) is 11.4 Å². The number of nitrogens with two attached hydrogens (primary N) is 1. The molecule has 0 saturated carbocycles. The van der Waals surface area contributed by atoms with Crippen LogP contribution in [0, 0.1) is 13.8 Å². The zero-order valence-corrected chi connectivity index (χ0v) is 13.0. The van der Waals surface area contributed by atoms with E-state index in [4.69, 9.17) is 5.73 Å². The lowest BCUT2D eigenvalue weighted by Gasteiger charge is -2.19. The molecule has 108 valence electrons. The van der Waals surface area contributed by atoms with Gasteiger partial charge in [0.15, 0.2) is 0 Å². The Morgan fingerprint density at radius 1 is 1.10 bits per heavy atom. The molecule has 3 N–H and O–H groups in total. The molecule has 0 bridgehead atoms. The van der Waals surface area contributed by atoms with E-state index in [1.54, 1.807) is 11.8 Å². The normalized spacial score (nSPS) is 13.7. The van der Waals surface area contributed by atoms with Gasteiger partial charge in [0.05, 0.1) is 0 Å². The lowest BCUT2D eigenvalue weighted by molar-refractivity contribution is -0.116. The molecular weight excluding hydrogens is 280 g/mol. The second-order valence-corrected chi connectivity index (χ2v) is 6.56. The van der Waals surface area contributed by atoms with Gasteiger partial charge in [-0.05, 0) is 61.2 Å². The average molecular weight is 298 g/mol. The number of fused-ring (bicyclic) bond motifs is 1. The van der Waals surface area contributed by atoms with Crippen LogP contribution < -0.4 is 11.1 Å². The fraction of sp³-hybridized carbons (Fsp3) is 0.235. The summed E-state index contributed by atoms with van der Waals surface area (Å²) < 4.78 is 0. The molecule has 0 spiro atoms. The predicted octanol–water partition coefficient (Wildman–Crippen LogP) is 3.92. The molecule has 0 saturated heterocycles. The molecule has 3 nitrogen and oxygen atoms in total. The molecule has 1 heterocycles. The highest BCUT2D eigenvalue weighted by atomic mass is 32.2. The summed E-state index contributed by atoms with van der Waals surface area (Å²) in [6, 6.07) is 10.4. The molecule has 0 radical (unpaired) electrons. The third-order valence-electron chi connectivity index (χ3n) is 3.84. The minimum Gasteiger partial charge on any atom is -0.398 e. The van der Waals surface area contributed by atoms with E-state index in [1.807, 2.05) is 6.07 Å². The molecule has 0 unspecified atom stereocenters. The standard InChI is InChI=1S/C17H18N2OS/c1-10-3-5-13(7-11(10)2)21-16-8-12-4-6-17(20)19-15(12)9-14(16)18/h3,5,7-9H,4,6,18H2,1-2H3,(H,19,20). The third-order valence-corrected chi connectivity index (χ3v) is 4.90. The molecule has 1 aliphatic rings. The van der Waals surface area contributed by atoms with Crippen molar-refractivity contribution in [1.29, 1.82) is 0 Å². The number of anilines is 2. The van der Waals surface area contributed by atoms with E-state index in [1.165, 1.54) is 16.0 Å². The van der Waals surface area contributed by atoms with Gasteiger partial charge in [-0.3, -0.25) is 4.79 Å². The number of carbonyl (C=O) groups excluding carboxylic acids is 1. The monoisotopic (exact) mass is 298 g/mol. The molecule has 21 heavy (non-hydrogen) atoms. The van der Waals surface area contributed by atoms with Crippen molar-refractivity contribution in [2.75, 3.05) is 11.1 Å². The Bertz CT molecular complexity index is 725. The molecule has 0 atom stereocenters. The minimum atomic E-state index is 0.0662. The lowest BCUT2D eigenvalue weighted by atomic mass is 10.0. The highest BCUT2D eigenvalue weighted by Gasteiger charge is 2.17. The fourth-order valence-electron chi connectivity index (χ4n) is 2.42. The third kappa shape index (κ3) is 2.90. The Labute approximate surface area is 128 Å². The predicted molar refractivity (Wildman–Crippen MR) is 87.8 cm³/mol. The molecule has 4 heteroatoms. The summed E-state index contributed by atoms with van der Waals surface area (Å²) in [6.07, 6.45) is 1.33. The highest BCUT2D eigenvalue weighted by Crippen LogP contribution is 2.37. The fourth-order valence-corrected chi connectivity index (χ4v) is 3.42. The molecule has 1 amide bonds. The molecule has 0 aliphatic carbocycles. The van der Waals surface area contributed by atoms with Crippen molar-refractivity contribution >= 4 is 29.0 Å². The van der Waals surface area contributed by atoms with Crippen molar-refractivity contribution in [3.8, 4) is 0 Å². The van der Waals surface area contributed by atoms with Gasteiger partial charge in [0, 0.05) is 27.6 Å². The van der Waals surface area contributed by atoms with Crippen LogP contribution >= 0.6 is 11.8 Å². The first-order valence-corrected chi connectivity index (χ1v) is 7.82. The van der Waals surface area contributed by atoms with Gasteiger partial charge in [-0.25, -0.2) is 0 Å². The van der Waals surface area contributed by atoms with E-state index in [0.29, 0.717) is 12.1 Å². The quantitative estimate of drug-likeness (QED) is 0.826. The number of hydrogen-bond acceptors (Lipinski definition) is 3. The Morgan fingerprint density at radius 3 is 2.67 bits per heavy atom. The van der Waals surface area contributed by atoms with E-state index < -0.39 is 0 Å². The second-order valence-electron chi connectivity index (χ2n) is 5.44. The largest absolute Gasteiger partial charge is 0.398 e. The Morgan fingerprint density at radius 2 is 1.90 bits per heavy atom. The molecular formula is C17H18N2OS. The van der Waals surface area contributed by atoms with Crippen LogP contribution in [0.2, 0.25) is 0 Å². The SMILES string of the molecule is Cc1ccc(Sc2cc3c(cc2N)NC(=O)CC3)cc1C. The van der Waals surface area contributed by atoms with Crippen LogP contribution in [0.1, 0.15) is 23.1 Å². The second kappa shape index (κ2) is 5.45. The summed E-state index contributed by atoms with van der Waals surface area (Å²) in [4.78, 5) is 13.7. The van der Waals surface area contributed by atoms with Crippen LogP contribution in [-0.4, -0.2) is 5.91 Å². The zero-order chi connectivity index (χ0) is 15.0. The summed E-state index contributed by atoms with van der Waals surface area (Å²) in [6.45, 7) is 4.23. The van der Waals surface area contributed by atoms with Gasteiger partial charge < -0.3 is 11.1 Å². The molecule has 3 rings (SSSR count). The molecule has 0 aromatic heterocycles. The summed E-state index contributed by atoms with van der Waals surface area (Å²) >= 11 is 1.67. The van der Waals surface area contributed by atoms with Gasteiger partial charge in [0.2, 0.25) is 5.91 Å². The summed E-state index contributed by atoms with van der Waals surface area (Å²) in [5, 5.41) is 2.88. The summed E-state index contributed by atoms with van der Waals surface area (Å²) in [7, 11) is 0. The van der Waals surface area contributed by atoms with E-state index in [9.17, 15) is 4.79 Å². The van der Waals surface area contributed by atoms with Crippen molar-refractivity contribution in [2.45, 2.75) is 36.5 Å². The maximum absolute atomic E-state index is 11.4. The smallest absolute Gasteiger partial charge is 0.224 e. The zero-order valence-electron chi connectivity index (χ0n) is 12.2. The van der Waals surface area contributed by atoms with Gasteiger partial charge >= 0.3 is 0 Å². The van der Waals surface area contributed by atoms with E-state index in [2.05, 4.69) is 43.4 Å². The number of nitrogens with one attached hydrogen (secondary N) is 1. The van der Waals surface area contributed by atoms with Gasteiger partial charge in [-0.15, -0.1) is 0 Å². The maximum Gasteiger partial charge on any atom is 0.224 e. The molecule has 2 aromatic carbocycles. The number of hydrogen-bond donors (Lipinski definition) is 2. The van der Waals surface area contributed by atoms with E-state index in [-0.39, 0.29) is 5.91 Å². The number of benzene rings is 2. The minimum absolute atomic E-state index is 0.0662. The topological polar surface area (TPSA) is 55.1 Å². The molecule has 0 fully saturated rings. The van der Waals surface area contributed by atoms with Crippen molar-refractivity contribution in [3.05, 3.63) is 47.0 Å². The van der Waals surface area contributed by atoms with Gasteiger partial charge in [0.1, 0.15) is 0 Å². The van der Waals surface area contributed by atoms with Gasteiger partial charge in [0.25, 0.3) is 0 Å². The number of aryl methyl sites for hydroxylation is 3. The van der Waals surface area contributed by atoms with Crippen LogP contribution in [-0.2, 0) is 11.2 Å². The average Bonchev–Trinajstić information content (AvgIpc) is 2.44. The van der Waals surface area contributed by atoms with Crippen LogP contribution in [0.15, 0.2) is 40.1 Å². The maximum atomic E-state index is 11.4. The number of rotatable bonds is 2. The van der Waals surface area contributed by atoms with Crippen molar-refractivity contribution in [2.24, 2.45) is 0 Å². The van der Waals surface area contributed by atoms with Gasteiger partial charge in [-0.2, -0.15) is 0 Å². The number of carbonyl (C=O) groups is 1. The molecule has 2 aromatic rings.